The molecule has 0 amide bonds. The van der Waals surface area contributed by atoms with Crippen LogP contribution in [-0.2, 0) is 0 Å². The summed E-state index contributed by atoms with van der Waals surface area (Å²) in [5, 5.41) is 3.83. The molecule has 0 fully saturated rings. The second kappa shape index (κ2) is 7.31. The van der Waals surface area contributed by atoms with Gasteiger partial charge in [-0.2, -0.15) is 0 Å². The topological polar surface area (TPSA) is 21.3 Å². The number of fused-ring (bicyclic) bond motifs is 1. The number of hydrogen-bond acceptors (Lipinski definition) is 2. The van der Waals surface area contributed by atoms with Crippen LogP contribution in [0.3, 0.4) is 0 Å². The Morgan fingerprint density at radius 3 is 2.76 bits per heavy atom. The van der Waals surface area contributed by atoms with Gasteiger partial charge in [-0.25, -0.2) is 0 Å². The molecule has 0 aromatic heterocycles. The molecule has 1 aliphatic heterocycles. The Balaban J connectivity index is 1.96. The van der Waals surface area contributed by atoms with Crippen LogP contribution >= 0.6 is 0 Å². The third kappa shape index (κ3) is 4.74. The minimum Gasteiger partial charge on any atom is -0.487 e. The number of unbranched alkanes of at least 4 members (excludes halogenated alkanes) is 3. The van der Waals surface area contributed by atoms with Crippen molar-refractivity contribution in [2.75, 3.05) is 0 Å². The van der Waals surface area contributed by atoms with Crippen molar-refractivity contribution in [2.45, 2.75) is 83.9 Å². The number of benzene rings is 1. The highest BCUT2D eigenvalue weighted by atomic mass is 16.5. The first kappa shape index (κ1) is 16.4. The van der Waals surface area contributed by atoms with Gasteiger partial charge in [0.1, 0.15) is 11.4 Å². The van der Waals surface area contributed by atoms with E-state index in [0.29, 0.717) is 12.1 Å². The lowest BCUT2D eigenvalue weighted by Gasteiger charge is -2.39. The predicted octanol–water partition coefficient (Wildman–Crippen LogP) is 5.24. The minimum absolute atomic E-state index is 0.0893. The maximum atomic E-state index is 6.10. The largest absolute Gasteiger partial charge is 0.487 e. The molecule has 1 N–H and O–H groups in total. The molecule has 2 unspecified atom stereocenters. The fourth-order valence-corrected chi connectivity index (χ4v) is 3.26. The molecule has 0 aliphatic carbocycles. The zero-order valence-corrected chi connectivity index (χ0v) is 14.1. The van der Waals surface area contributed by atoms with Gasteiger partial charge in [0.05, 0.1) is 0 Å². The molecular formula is C19H31NO. The fourth-order valence-electron chi connectivity index (χ4n) is 3.26. The summed E-state index contributed by atoms with van der Waals surface area (Å²) in [4.78, 5) is 0. The molecule has 2 atom stereocenters. The van der Waals surface area contributed by atoms with Crippen molar-refractivity contribution in [3.63, 3.8) is 0 Å². The summed E-state index contributed by atoms with van der Waals surface area (Å²) in [6, 6.07) is 9.44. The monoisotopic (exact) mass is 289 g/mol. The van der Waals surface area contributed by atoms with E-state index in [9.17, 15) is 0 Å². The second-order valence-electron chi connectivity index (χ2n) is 7.07. The minimum atomic E-state index is -0.0893. The van der Waals surface area contributed by atoms with Crippen LogP contribution in [-0.4, -0.2) is 11.6 Å². The Hall–Kier alpha value is -1.02. The van der Waals surface area contributed by atoms with Crippen molar-refractivity contribution < 1.29 is 4.74 Å². The maximum absolute atomic E-state index is 6.10. The van der Waals surface area contributed by atoms with Crippen LogP contribution in [0.2, 0.25) is 0 Å². The summed E-state index contributed by atoms with van der Waals surface area (Å²) in [5.41, 5.74) is 1.23. The molecule has 118 valence electrons. The molecule has 0 spiro atoms. The van der Waals surface area contributed by atoms with E-state index in [2.05, 4.69) is 57.3 Å². The van der Waals surface area contributed by atoms with Gasteiger partial charge >= 0.3 is 0 Å². The number of hydrogen-bond donors (Lipinski definition) is 1. The van der Waals surface area contributed by atoms with Crippen molar-refractivity contribution in [3.05, 3.63) is 29.8 Å². The lowest BCUT2D eigenvalue weighted by atomic mass is 9.89. The van der Waals surface area contributed by atoms with E-state index in [1.54, 1.807) is 0 Å². The summed E-state index contributed by atoms with van der Waals surface area (Å²) in [6.07, 6.45) is 7.65. The van der Waals surface area contributed by atoms with E-state index < -0.39 is 0 Å². The highest BCUT2D eigenvalue weighted by Gasteiger charge is 2.33. The summed E-state index contributed by atoms with van der Waals surface area (Å²) < 4.78 is 6.10. The van der Waals surface area contributed by atoms with Crippen LogP contribution in [0.25, 0.3) is 0 Å². The maximum Gasteiger partial charge on any atom is 0.124 e. The smallest absolute Gasteiger partial charge is 0.124 e. The molecule has 0 saturated carbocycles. The summed E-state index contributed by atoms with van der Waals surface area (Å²) in [7, 11) is 0. The summed E-state index contributed by atoms with van der Waals surface area (Å²) >= 11 is 0. The van der Waals surface area contributed by atoms with Crippen LogP contribution in [0.15, 0.2) is 24.3 Å². The molecule has 0 saturated heterocycles. The van der Waals surface area contributed by atoms with E-state index in [1.807, 2.05) is 0 Å². The Labute approximate surface area is 130 Å². The second-order valence-corrected chi connectivity index (χ2v) is 7.07. The third-order valence-electron chi connectivity index (χ3n) is 4.35. The first-order valence-corrected chi connectivity index (χ1v) is 8.56. The Morgan fingerprint density at radius 1 is 1.24 bits per heavy atom. The molecule has 2 nitrogen and oxygen atoms in total. The SMILES string of the molecule is CCCCCCC(C)NC1CC(C)(C)Oc2ccccc21. The molecular weight excluding hydrogens is 258 g/mol. The van der Waals surface area contributed by atoms with Crippen molar-refractivity contribution in [1.29, 1.82) is 0 Å². The lowest BCUT2D eigenvalue weighted by molar-refractivity contribution is 0.0638. The first-order chi connectivity index (χ1) is 10.0. The first-order valence-electron chi connectivity index (χ1n) is 8.56. The van der Waals surface area contributed by atoms with Gasteiger partial charge in [0.25, 0.3) is 0 Å². The molecule has 1 heterocycles. The zero-order valence-electron chi connectivity index (χ0n) is 14.1. The van der Waals surface area contributed by atoms with Crippen molar-refractivity contribution in [2.24, 2.45) is 0 Å². The Bertz CT molecular complexity index is 441. The van der Waals surface area contributed by atoms with E-state index in [1.165, 1.54) is 37.7 Å². The summed E-state index contributed by atoms with van der Waals surface area (Å²) in [6.45, 7) is 8.95. The molecule has 2 heteroatoms. The number of ether oxygens (including phenoxy) is 1. The van der Waals surface area contributed by atoms with E-state index in [0.717, 1.165) is 12.2 Å². The highest BCUT2D eigenvalue weighted by molar-refractivity contribution is 5.38. The predicted molar refractivity (Wildman–Crippen MR) is 89.9 cm³/mol. The van der Waals surface area contributed by atoms with Gasteiger partial charge in [0, 0.05) is 24.1 Å². The average Bonchev–Trinajstić information content (AvgIpc) is 2.42. The zero-order chi connectivity index (χ0) is 15.3. The van der Waals surface area contributed by atoms with E-state index in [4.69, 9.17) is 4.74 Å². The fraction of sp³-hybridized carbons (Fsp3) is 0.684. The Morgan fingerprint density at radius 2 is 2.00 bits per heavy atom. The lowest BCUT2D eigenvalue weighted by Crippen LogP contribution is -2.42. The molecule has 21 heavy (non-hydrogen) atoms. The standard InChI is InChI=1S/C19H31NO/c1-5-6-7-8-11-15(2)20-17-14-19(3,4)21-18-13-10-9-12-16(17)18/h9-10,12-13,15,17,20H,5-8,11,14H2,1-4H3. The van der Waals surface area contributed by atoms with Gasteiger partial charge in [-0.15, -0.1) is 0 Å². The van der Waals surface area contributed by atoms with Gasteiger partial charge in [-0.1, -0.05) is 50.8 Å². The molecule has 0 bridgehead atoms. The van der Waals surface area contributed by atoms with Crippen molar-refractivity contribution in [1.82, 2.24) is 5.32 Å². The van der Waals surface area contributed by atoms with Crippen molar-refractivity contribution in [3.8, 4) is 5.75 Å². The van der Waals surface area contributed by atoms with Crippen LogP contribution in [0.1, 0.15) is 77.8 Å². The van der Waals surface area contributed by atoms with Crippen LogP contribution in [0.4, 0.5) is 0 Å². The van der Waals surface area contributed by atoms with Gasteiger partial charge in [-0.3, -0.25) is 0 Å². The quantitative estimate of drug-likeness (QED) is 0.693. The molecule has 1 aromatic carbocycles. The molecule has 0 radical (unpaired) electrons. The van der Waals surface area contributed by atoms with Gasteiger partial charge in [-0.05, 0) is 33.3 Å². The van der Waals surface area contributed by atoms with Gasteiger partial charge in [0.2, 0.25) is 0 Å². The number of nitrogens with one attached hydrogen (secondary N) is 1. The highest BCUT2D eigenvalue weighted by Crippen LogP contribution is 2.39. The molecule has 2 rings (SSSR count). The number of para-hydroxylation sites is 1. The Kier molecular flexibility index (Phi) is 5.69. The van der Waals surface area contributed by atoms with Crippen LogP contribution in [0, 0.1) is 0 Å². The van der Waals surface area contributed by atoms with Crippen molar-refractivity contribution >= 4 is 0 Å². The van der Waals surface area contributed by atoms with Crippen LogP contribution < -0.4 is 10.1 Å². The van der Waals surface area contributed by atoms with Gasteiger partial charge in [0.15, 0.2) is 0 Å². The molecule has 1 aromatic rings. The van der Waals surface area contributed by atoms with Crippen LogP contribution in [0.5, 0.6) is 5.75 Å². The summed E-state index contributed by atoms with van der Waals surface area (Å²) in [5.74, 6) is 1.05. The van der Waals surface area contributed by atoms with Gasteiger partial charge < -0.3 is 10.1 Å². The third-order valence-corrected chi connectivity index (χ3v) is 4.35. The average molecular weight is 289 g/mol. The van der Waals surface area contributed by atoms with E-state index >= 15 is 0 Å². The van der Waals surface area contributed by atoms with E-state index in [-0.39, 0.29) is 5.60 Å². The normalized spacial score (nSPS) is 21.4. The molecule has 1 aliphatic rings. The number of rotatable bonds is 7.